The lowest BCUT2D eigenvalue weighted by molar-refractivity contribution is -0.132. The summed E-state index contributed by atoms with van der Waals surface area (Å²) in [5, 5.41) is 44.0. The monoisotopic (exact) mass is 892 g/mol. The van der Waals surface area contributed by atoms with E-state index < -0.39 is 36.9 Å². The molecule has 0 aromatic carbocycles. The number of carbonyl (C=O) groups is 1. The molecule has 0 aromatic rings. The molecule has 0 heterocycles. The first-order chi connectivity index (χ1) is 31.0. The Hall–Kier alpha value is -0.950. The molecule has 5 N–H and O–H groups in total. The zero-order chi connectivity index (χ0) is 45.9. The van der Waals surface area contributed by atoms with Crippen molar-refractivity contribution in [2.24, 2.45) is 0 Å². The van der Waals surface area contributed by atoms with Crippen molar-refractivity contribution in [3.05, 3.63) is 12.2 Å². The minimum atomic E-state index is -1.26. The molecule has 6 heteroatoms. The second kappa shape index (κ2) is 52.0. The molecule has 0 rings (SSSR count). The molecule has 0 fully saturated rings. The lowest BCUT2D eigenvalue weighted by atomic mass is 9.99. The number of hydrogen-bond donors (Lipinski definition) is 5. The fraction of sp³-hybridized carbons (Fsp3) is 0.947. The van der Waals surface area contributed by atoms with Crippen molar-refractivity contribution in [3.8, 4) is 0 Å². The molecule has 0 aliphatic carbocycles. The summed E-state index contributed by atoms with van der Waals surface area (Å²) in [5.41, 5.74) is 0. The van der Waals surface area contributed by atoms with E-state index in [2.05, 4.69) is 31.3 Å². The van der Waals surface area contributed by atoms with Gasteiger partial charge >= 0.3 is 0 Å². The number of aliphatic hydroxyl groups is 4. The summed E-state index contributed by atoms with van der Waals surface area (Å²) in [6.45, 7) is 4.09. The summed E-state index contributed by atoms with van der Waals surface area (Å²) in [6, 6.07) is -0.983. The van der Waals surface area contributed by atoms with Crippen LogP contribution in [0.25, 0.3) is 0 Å². The van der Waals surface area contributed by atoms with Crippen LogP contribution in [-0.2, 0) is 4.79 Å². The minimum Gasteiger partial charge on any atom is -0.394 e. The van der Waals surface area contributed by atoms with Gasteiger partial charge < -0.3 is 25.7 Å². The normalized spacial score (nSPS) is 13.8. The van der Waals surface area contributed by atoms with E-state index in [1.807, 2.05) is 0 Å². The van der Waals surface area contributed by atoms with Crippen molar-refractivity contribution in [3.63, 3.8) is 0 Å². The van der Waals surface area contributed by atoms with Crippen LogP contribution < -0.4 is 5.32 Å². The van der Waals surface area contributed by atoms with Gasteiger partial charge in [0.05, 0.1) is 18.8 Å². The number of hydrogen-bond acceptors (Lipinski definition) is 5. The second-order valence-electron chi connectivity index (χ2n) is 20.0. The van der Waals surface area contributed by atoms with Crippen molar-refractivity contribution in [1.29, 1.82) is 0 Å². The van der Waals surface area contributed by atoms with Crippen molar-refractivity contribution < 1.29 is 25.2 Å². The predicted molar refractivity (Wildman–Crippen MR) is 275 cm³/mol. The largest absolute Gasteiger partial charge is 0.394 e. The summed E-state index contributed by atoms with van der Waals surface area (Å²) in [7, 11) is 0. The van der Waals surface area contributed by atoms with Crippen LogP contribution in [0.5, 0.6) is 0 Å². The Bertz CT molecular complexity index is 913. The molecular weight excluding hydrogens is 779 g/mol. The average Bonchev–Trinajstić information content (AvgIpc) is 3.29. The van der Waals surface area contributed by atoms with E-state index in [1.165, 1.54) is 250 Å². The molecule has 4 atom stereocenters. The second-order valence-corrected chi connectivity index (χ2v) is 20.0. The lowest BCUT2D eigenvalue weighted by Crippen LogP contribution is -2.53. The van der Waals surface area contributed by atoms with E-state index in [0.717, 1.165) is 38.5 Å². The lowest BCUT2D eigenvalue weighted by Gasteiger charge is -2.27. The minimum absolute atomic E-state index is 0.373. The first-order valence-corrected chi connectivity index (χ1v) is 28.6. The van der Waals surface area contributed by atoms with Crippen molar-refractivity contribution in [2.75, 3.05) is 6.61 Å². The molecule has 0 saturated heterocycles. The maximum Gasteiger partial charge on any atom is 0.249 e. The van der Waals surface area contributed by atoms with Gasteiger partial charge in [0.15, 0.2) is 0 Å². The highest BCUT2D eigenvalue weighted by molar-refractivity contribution is 5.80. The van der Waals surface area contributed by atoms with Crippen LogP contribution in [0.4, 0.5) is 0 Å². The van der Waals surface area contributed by atoms with Gasteiger partial charge in [-0.2, -0.15) is 0 Å². The highest BCUT2D eigenvalue weighted by Crippen LogP contribution is 2.18. The number of aliphatic hydroxyl groups excluding tert-OH is 4. The van der Waals surface area contributed by atoms with E-state index in [1.54, 1.807) is 0 Å². The molecule has 6 nitrogen and oxygen atoms in total. The van der Waals surface area contributed by atoms with Crippen LogP contribution in [0, 0.1) is 0 Å². The summed E-state index contributed by atoms with van der Waals surface area (Å²) in [6.07, 6.45) is 61.4. The first kappa shape index (κ1) is 62.1. The number of allylic oxidation sites excluding steroid dienone is 2. The Labute approximate surface area is 393 Å². The van der Waals surface area contributed by atoms with Crippen LogP contribution in [0.3, 0.4) is 0 Å². The highest BCUT2D eigenvalue weighted by atomic mass is 16.3. The van der Waals surface area contributed by atoms with Crippen LogP contribution in [0.1, 0.15) is 316 Å². The zero-order valence-electron chi connectivity index (χ0n) is 42.6. The van der Waals surface area contributed by atoms with Gasteiger partial charge in [0.2, 0.25) is 5.91 Å². The van der Waals surface area contributed by atoms with Gasteiger partial charge in [-0.3, -0.25) is 4.79 Å². The molecule has 0 bridgehead atoms. The van der Waals surface area contributed by atoms with E-state index in [-0.39, 0.29) is 0 Å². The van der Waals surface area contributed by atoms with Gasteiger partial charge in [-0.1, -0.05) is 289 Å². The Morgan fingerprint density at radius 3 is 0.921 bits per heavy atom. The van der Waals surface area contributed by atoms with Gasteiger partial charge in [0.25, 0.3) is 0 Å². The summed E-state index contributed by atoms with van der Waals surface area (Å²) >= 11 is 0. The topological polar surface area (TPSA) is 110 Å². The standard InChI is InChI=1S/C57H113NO5/c1-3-5-7-9-11-13-15-17-19-21-23-24-25-26-27-28-29-30-31-32-33-35-37-39-41-43-45-47-49-51-55(61)57(63)58-53(52-59)56(62)54(60)50-48-46-44-42-40-38-36-34-22-20-18-16-14-12-10-8-6-4-2/h26-27,53-56,59-62H,3-25,28-52H2,1-2H3,(H,58,63)/b27-26-. The Kier molecular flexibility index (Phi) is 51.2. The van der Waals surface area contributed by atoms with Gasteiger partial charge in [-0.15, -0.1) is 0 Å². The first-order valence-electron chi connectivity index (χ1n) is 28.6. The fourth-order valence-corrected chi connectivity index (χ4v) is 9.23. The number of unbranched alkanes of at least 4 members (excludes halogenated alkanes) is 42. The molecular formula is C57H113NO5. The molecule has 0 aliphatic heterocycles. The fourth-order valence-electron chi connectivity index (χ4n) is 9.23. The Balaban J connectivity index is 3.58. The molecule has 0 aliphatic rings. The summed E-state index contributed by atoms with van der Waals surface area (Å²) in [5.74, 6) is -0.578. The van der Waals surface area contributed by atoms with Crippen LogP contribution in [-0.4, -0.2) is 57.3 Å². The molecule has 63 heavy (non-hydrogen) atoms. The molecule has 4 unspecified atom stereocenters. The number of nitrogens with one attached hydrogen (secondary N) is 1. The number of carbonyl (C=O) groups excluding carboxylic acids is 1. The average molecular weight is 893 g/mol. The van der Waals surface area contributed by atoms with Gasteiger partial charge in [-0.25, -0.2) is 0 Å². The van der Waals surface area contributed by atoms with Gasteiger partial charge in [-0.05, 0) is 38.5 Å². The van der Waals surface area contributed by atoms with Crippen molar-refractivity contribution >= 4 is 5.91 Å². The molecule has 376 valence electrons. The number of rotatable bonds is 53. The van der Waals surface area contributed by atoms with E-state index in [0.29, 0.717) is 12.8 Å². The molecule has 0 aromatic heterocycles. The van der Waals surface area contributed by atoms with Crippen LogP contribution in [0.15, 0.2) is 12.2 Å². The molecule has 0 radical (unpaired) electrons. The van der Waals surface area contributed by atoms with Gasteiger partial charge in [0, 0.05) is 0 Å². The Morgan fingerprint density at radius 2 is 0.635 bits per heavy atom. The quantitative estimate of drug-likeness (QED) is 0.0309. The highest BCUT2D eigenvalue weighted by Gasteiger charge is 2.28. The maximum atomic E-state index is 12.6. The summed E-state index contributed by atoms with van der Waals surface area (Å²) < 4.78 is 0. The summed E-state index contributed by atoms with van der Waals surface area (Å²) in [4.78, 5) is 12.6. The SMILES string of the molecule is CCCCCCCCCCCCCC/C=C\CCCCCCCCCCCCCCCC(O)C(=O)NC(CO)C(O)C(O)CCCCCCCCCCCCCCCCCCCC. The third kappa shape index (κ3) is 46.0. The van der Waals surface area contributed by atoms with E-state index >= 15 is 0 Å². The van der Waals surface area contributed by atoms with Crippen molar-refractivity contribution in [1.82, 2.24) is 5.32 Å². The van der Waals surface area contributed by atoms with E-state index in [4.69, 9.17) is 0 Å². The predicted octanol–water partition coefficient (Wildman–Crippen LogP) is 16.5. The Morgan fingerprint density at radius 1 is 0.381 bits per heavy atom. The third-order valence-corrected chi connectivity index (χ3v) is 13.7. The third-order valence-electron chi connectivity index (χ3n) is 13.7. The van der Waals surface area contributed by atoms with Crippen LogP contribution >= 0.6 is 0 Å². The smallest absolute Gasteiger partial charge is 0.249 e. The molecule has 1 amide bonds. The zero-order valence-corrected chi connectivity index (χ0v) is 42.6. The van der Waals surface area contributed by atoms with Crippen LogP contribution in [0.2, 0.25) is 0 Å². The van der Waals surface area contributed by atoms with Gasteiger partial charge in [0.1, 0.15) is 12.2 Å². The number of amides is 1. The molecule has 0 spiro atoms. The molecule has 0 saturated carbocycles. The van der Waals surface area contributed by atoms with Crippen molar-refractivity contribution in [2.45, 2.75) is 340 Å². The van der Waals surface area contributed by atoms with E-state index in [9.17, 15) is 25.2 Å². The maximum absolute atomic E-state index is 12.6.